The van der Waals surface area contributed by atoms with Crippen LogP contribution in [0.5, 0.6) is 0 Å². The first-order chi connectivity index (χ1) is 14.1. The predicted molar refractivity (Wildman–Crippen MR) is 113 cm³/mol. The zero-order valence-electron chi connectivity index (χ0n) is 17.5. The molecule has 0 fully saturated rings. The van der Waals surface area contributed by atoms with Gasteiger partial charge in [-0.1, -0.05) is 30.3 Å². The van der Waals surface area contributed by atoms with E-state index in [1.54, 1.807) is 0 Å². The topological polar surface area (TPSA) is 17.6 Å². The van der Waals surface area contributed by atoms with Crippen LogP contribution < -0.4 is 9.13 Å². The van der Waals surface area contributed by atoms with E-state index in [9.17, 15) is 0 Å². The zero-order valence-corrected chi connectivity index (χ0v) is 17.5. The summed E-state index contributed by atoms with van der Waals surface area (Å²) in [6.07, 6.45) is 13.2. The second kappa shape index (κ2) is 7.03. The van der Waals surface area contributed by atoms with Gasteiger partial charge in [0.1, 0.15) is 51.0 Å². The molecule has 0 amide bonds. The molecule has 0 unspecified atom stereocenters. The Hall–Kier alpha value is -3.14. The number of imidazole rings is 2. The molecule has 1 aliphatic heterocycles. The maximum absolute atomic E-state index is 2.35. The number of aryl methyl sites for hydroxylation is 2. The fourth-order valence-electron chi connectivity index (χ4n) is 4.64. The summed E-state index contributed by atoms with van der Waals surface area (Å²) >= 11 is 0. The van der Waals surface area contributed by atoms with Gasteiger partial charge in [-0.3, -0.25) is 0 Å². The van der Waals surface area contributed by atoms with Crippen LogP contribution >= 0.6 is 0 Å². The van der Waals surface area contributed by atoms with E-state index in [0.717, 1.165) is 26.2 Å². The molecule has 0 N–H and O–H groups in total. The van der Waals surface area contributed by atoms with Crippen molar-refractivity contribution >= 4 is 0 Å². The molecule has 2 aromatic carbocycles. The minimum atomic E-state index is 0.890. The fourth-order valence-corrected chi connectivity index (χ4v) is 4.64. The molecular formula is C25H28N4+2. The molecule has 4 heteroatoms. The minimum absolute atomic E-state index is 0.890. The molecule has 6 bridgehead atoms. The Labute approximate surface area is 172 Å². The maximum atomic E-state index is 2.35. The first kappa shape index (κ1) is 17.9. The molecule has 0 atom stereocenters. The molecule has 0 saturated heterocycles. The lowest BCUT2D eigenvalue weighted by Gasteiger charge is -2.15. The number of nitrogens with zero attached hydrogens (tertiary/aromatic N) is 4. The Morgan fingerprint density at radius 3 is 1.69 bits per heavy atom. The first-order valence-electron chi connectivity index (χ1n) is 10.3. The summed E-state index contributed by atoms with van der Waals surface area (Å²) < 4.78 is 9.18. The maximum Gasteiger partial charge on any atom is 0.244 e. The third-order valence-electron chi connectivity index (χ3n) is 6.29. The molecule has 4 nitrogen and oxygen atoms in total. The number of fused-ring (bicyclic) bond motifs is 7. The van der Waals surface area contributed by atoms with Gasteiger partial charge in [-0.05, 0) is 48.6 Å². The molecule has 3 heterocycles. The Morgan fingerprint density at radius 1 is 0.724 bits per heavy atom. The fraction of sp³-hybridized carbons (Fsp3) is 0.280. The highest BCUT2D eigenvalue weighted by molar-refractivity contribution is 5.45. The van der Waals surface area contributed by atoms with Gasteiger partial charge in [0.2, 0.25) is 12.7 Å². The summed E-state index contributed by atoms with van der Waals surface area (Å²) in [6.45, 7) is 10.4. The third-order valence-corrected chi connectivity index (χ3v) is 6.29. The molecule has 2 aromatic heterocycles. The van der Waals surface area contributed by atoms with Crippen molar-refractivity contribution in [2.75, 3.05) is 0 Å². The Kier molecular flexibility index (Phi) is 4.35. The lowest BCUT2D eigenvalue weighted by atomic mass is 9.93. The minimum Gasteiger partial charge on any atom is -0.233 e. The van der Waals surface area contributed by atoms with Crippen LogP contribution in [0.2, 0.25) is 0 Å². The van der Waals surface area contributed by atoms with Gasteiger partial charge in [0.15, 0.2) is 0 Å². The average molecular weight is 385 g/mol. The molecular weight excluding hydrogens is 356 g/mol. The molecule has 4 aromatic rings. The van der Waals surface area contributed by atoms with Crippen molar-refractivity contribution in [3.05, 3.63) is 107 Å². The lowest BCUT2D eigenvalue weighted by Crippen LogP contribution is -2.35. The molecule has 0 saturated carbocycles. The first-order valence-corrected chi connectivity index (χ1v) is 10.3. The highest BCUT2D eigenvalue weighted by atomic mass is 15.1. The summed E-state index contributed by atoms with van der Waals surface area (Å²) in [5, 5.41) is 0. The number of benzene rings is 2. The van der Waals surface area contributed by atoms with Gasteiger partial charge in [0.25, 0.3) is 0 Å². The van der Waals surface area contributed by atoms with Crippen LogP contribution in [0.25, 0.3) is 0 Å². The van der Waals surface area contributed by atoms with Gasteiger partial charge in [-0.2, -0.15) is 0 Å². The van der Waals surface area contributed by atoms with E-state index < -0.39 is 0 Å². The molecule has 5 rings (SSSR count). The molecule has 1 aliphatic rings. The molecule has 146 valence electrons. The normalized spacial score (nSPS) is 13.5. The van der Waals surface area contributed by atoms with E-state index in [2.05, 4.69) is 107 Å². The lowest BCUT2D eigenvalue weighted by molar-refractivity contribution is -0.693. The SMILES string of the molecule is Cc1cc(C)c2c(C)c1Cn1cc[n+](c1)Cc1ccccc1C[n+]1ccn(c1)C2. The van der Waals surface area contributed by atoms with Crippen molar-refractivity contribution < 1.29 is 9.13 Å². The summed E-state index contributed by atoms with van der Waals surface area (Å²) in [5.41, 5.74) is 9.78. The van der Waals surface area contributed by atoms with Crippen LogP contribution in [0.15, 0.2) is 67.8 Å². The number of hydrogen-bond donors (Lipinski definition) is 0. The van der Waals surface area contributed by atoms with E-state index >= 15 is 0 Å². The van der Waals surface area contributed by atoms with Crippen LogP contribution in [0.1, 0.15) is 38.9 Å². The van der Waals surface area contributed by atoms with Gasteiger partial charge >= 0.3 is 0 Å². The molecule has 29 heavy (non-hydrogen) atoms. The Morgan fingerprint density at radius 2 is 1.21 bits per heavy atom. The van der Waals surface area contributed by atoms with Crippen LogP contribution in [0.3, 0.4) is 0 Å². The van der Waals surface area contributed by atoms with Gasteiger partial charge in [0, 0.05) is 11.1 Å². The largest absolute Gasteiger partial charge is 0.244 e. The summed E-state index contributed by atoms with van der Waals surface area (Å²) in [5.74, 6) is 0. The standard InChI is InChI=1S/C25H28N4/c1-19-12-20(2)25-16-29-11-9-27(18-29)14-23-7-5-4-6-22(23)13-26-8-10-28(17-26)15-24(19)21(25)3/h4-12,17-18H,13-16H2,1-3H3/q+2. The monoisotopic (exact) mass is 384 g/mol. The van der Waals surface area contributed by atoms with E-state index in [1.165, 1.54) is 38.9 Å². The van der Waals surface area contributed by atoms with E-state index in [4.69, 9.17) is 0 Å². The highest BCUT2D eigenvalue weighted by Gasteiger charge is 2.18. The molecule has 0 aliphatic carbocycles. The Balaban J connectivity index is 1.66. The van der Waals surface area contributed by atoms with Crippen LogP contribution in [-0.4, -0.2) is 9.13 Å². The highest BCUT2D eigenvalue weighted by Crippen LogP contribution is 2.24. The zero-order chi connectivity index (χ0) is 20.0. The smallest absolute Gasteiger partial charge is 0.233 e. The molecule has 0 radical (unpaired) electrons. The van der Waals surface area contributed by atoms with Crippen LogP contribution in [0.4, 0.5) is 0 Å². The van der Waals surface area contributed by atoms with Crippen molar-refractivity contribution in [2.45, 2.75) is 47.0 Å². The van der Waals surface area contributed by atoms with Crippen LogP contribution in [0, 0.1) is 20.8 Å². The van der Waals surface area contributed by atoms with E-state index in [-0.39, 0.29) is 0 Å². The van der Waals surface area contributed by atoms with Crippen molar-refractivity contribution in [3.8, 4) is 0 Å². The second-order valence-corrected chi connectivity index (χ2v) is 8.38. The average Bonchev–Trinajstić information content (AvgIpc) is 3.32. The number of aromatic nitrogens is 4. The number of hydrogen-bond acceptors (Lipinski definition) is 0. The van der Waals surface area contributed by atoms with E-state index in [0.29, 0.717) is 0 Å². The predicted octanol–water partition coefficient (Wildman–Crippen LogP) is 3.30. The van der Waals surface area contributed by atoms with Gasteiger partial charge < -0.3 is 0 Å². The second-order valence-electron chi connectivity index (χ2n) is 8.38. The van der Waals surface area contributed by atoms with Gasteiger partial charge in [-0.15, -0.1) is 0 Å². The summed E-state index contributed by atoms with van der Waals surface area (Å²) in [7, 11) is 0. The van der Waals surface area contributed by atoms with Crippen molar-refractivity contribution in [2.24, 2.45) is 0 Å². The van der Waals surface area contributed by atoms with Crippen molar-refractivity contribution in [3.63, 3.8) is 0 Å². The van der Waals surface area contributed by atoms with Gasteiger partial charge in [0.05, 0.1) is 0 Å². The molecule has 0 spiro atoms. The van der Waals surface area contributed by atoms with E-state index in [1.807, 2.05) is 0 Å². The third kappa shape index (κ3) is 3.39. The van der Waals surface area contributed by atoms with Crippen LogP contribution in [-0.2, 0) is 26.2 Å². The quantitative estimate of drug-likeness (QED) is 0.365. The summed E-state index contributed by atoms with van der Waals surface area (Å²) in [4.78, 5) is 0. The Bertz CT molecular complexity index is 1110. The van der Waals surface area contributed by atoms with Crippen molar-refractivity contribution in [1.29, 1.82) is 0 Å². The van der Waals surface area contributed by atoms with Crippen molar-refractivity contribution in [1.82, 2.24) is 9.13 Å². The number of rotatable bonds is 0. The summed E-state index contributed by atoms with van der Waals surface area (Å²) in [6, 6.07) is 11.1. The van der Waals surface area contributed by atoms with Gasteiger partial charge in [-0.25, -0.2) is 18.3 Å².